The second kappa shape index (κ2) is 5.94. The Morgan fingerprint density at radius 3 is 2.50 bits per heavy atom. The van der Waals surface area contributed by atoms with E-state index in [1.165, 1.54) is 12.1 Å². The van der Waals surface area contributed by atoms with E-state index in [9.17, 15) is 8.78 Å². The van der Waals surface area contributed by atoms with Gasteiger partial charge in [-0.3, -0.25) is 0 Å². The van der Waals surface area contributed by atoms with E-state index in [0.29, 0.717) is 11.5 Å². The second-order valence-corrected chi connectivity index (χ2v) is 4.20. The van der Waals surface area contributed by atoms with E-state index in [2.05, 4.69) is 19.2 Å². The number of halogens is 2. The van der Waals surface area contributed by atoms with Gasteiger partial charge in [0.1, 0.15) is 11.6 Å². The van der Waals surface area contributed by atoms with Gasteiger partial charge < -0.3 is 5.32 Å². The fourth-order valence-corrected chi connectivity index (χ4v) is 2.12. The molecule has 90 valence electrons. The summed E-state index contributed by atoms with van der Waals surface area (Å²) in [5.41, 5.74) is 0.546. The molecule has 0 radical (unpaired) electrons. The molecule has 0 amide bonds. The summed E-state index contributed by atoms with van der Waals surface area (Å²) in [6, 6.07) is 3.72. The fraction of sp³-hybridized carbons (Fsp3) is 0.538. The number of rotatable bonds is 5. The summed E-state index contributed by atoms with van der Waals surface area (Å²) in [4.78, 5) is 0. The zero-order valence-electron chi connectivity index (χ0n) is 10.1. The van der Waals surface area contributed by atoms with E-state index in [1.54, 1.807) is 7.05 Å². The van der Waals surface area contributed by atoms with Crippen molar-refractivity contribution in [3.05, 3.63) is 35.4 Å². The molecule has 0 saturated heterocycles. The van der Waals surface area contributed by atoms with E-state index in [4.69, 9.17) is 0 Å². The van der Waals surface area contributed by atoms with Crippen molar-refractivity contribution >= 4 is 0 Å². The van der Waals surface area contributed by atoms with Crippen molar-refractivity contribution in [2.75, 3.05) is 7.05 Å². The van der Waals surface area contributed by atoms with E-state index < -0.39 is 11.6 Å². The van der Waals surface area contributed by atoms with Crippen molar-refractivity contribution in [1.82, 2.24) is 5.32 Å². The lowest BCUT2D eigenvalue weighted by Gasteiger charge is -2.24. The Hall–Kier alpha value is -0.960. The van der Waals surface area contributed by atoms with Gasteiger partial charge in [-0.25, -0.2) is 8.78 Å². The molecule has 0 aliphatic rings. The monoisotopic (exact) mass is 227 g/mol. The van der Waals surface area contributed by atoms with E-state index >= 15 is 0 Å². The first-order valence-electron chi connectivity index (χ1n) is 5.72. The summed E-state index contributed by atoms with van der Waals surface area (Å²) in [5, 5.41) is 3.10. The van der Waals surface area contributed by atoms with Crippen molar-refractivity contribution in [3.8, 4) is 0 Å². The predicted molar refractivity (Wildman–Crippen MR) is 62.2 cm³/mol. The number of nitrogens with one attached hydrogen (secondary N) is 1. The van der Waals surface area contributed by atoms with Crippen molar-refractivity contribution < 1.29 is 8.78 Å². The molecule has 0 bridgehead atoms. The third kappa shape index (κ3) is 3.01. The molecular weight excluding hydrogens is 208 g/mol. The molecule has 1 rings (SSSR count). The van der Waals surface area contributed by atoms with Gasteiger partial charge in [-0.1, -0.05) is 26.3 Å². The van der Waals surface area contributed by atoms with Crippen molar-refractivity contribution in [2.45, 2.75) is 32.7 Å². The van der Waals surface area contributed by atoms with Crippen LogP contribution in [0, 0.1) is 17.6 Å². The zero-order valence-corrected chi connectivity index (χ0v) is 10.1. The first-order chi connectivity index (χ1) is 7.60. The molecule has 1 nitrogen and oxygen atoms in total. The molecule has 0 aliphatic carbocycles. The van der Waals surface area contributed by atoms with Crippen LogP contribution in [0.1, 0.15) is 38.3 Å². The van der Waals surface area contributed by atoms with Gasteiger partial charge in [0, 0.05) is 17.7 Å². The van der Waals surface area contributed by atoms with Crippen molar-refractivity contribution in [1.29, 1.82) is 0 Å². The standard InChI is InChI=1S/C13H19F2N/c1-4-5-9(2)13(16-3)11-7-6-10(14)8-12(11)15/h6-9,13,16H,4-5H2,1-3H3. The molecule has 2 atom stereocenters. The quantitative estimate of drug-likeness (QED) is 0.809. The number of hydrogen-bond acceptors (Lipinski definition) is 1. The molecule has 16 heavy (non-hydrogen) atoms. The van der Waals surface area contributed by atoms with Gasteiger partial charge in [0.2, 0.25) is 0 Å². The molecule has 0 spiro atoms. The lowest BCUT2D eigenvalue weighted by Crippen LogP contribution is -2.24. The minimum atomic E-state index is -0.528. The molecular formula is C13H19F2N. The summed E-state index contributed by atoms with van der Waals surface area (Å²) >= 11 is 0. The van der Waals surface area contributed by atoms with E-state index in [1.807, 2.05) is 0 Å². The Balaban J connectivity index is 2.94. The zero-order chi connectivity index (χ0) is 12.1. The van der Waals surface area contributed by atoms with Gasteiger partial charge in [-0.05, 0) is 25.5 Å². The van der Waals surface area contributed by atoms with E-state index in [-0.39, 0.29) is 6.04 Å². The molecule has 0 aliphatic heterocycles. The summed E-state index contributed by atoms with van der Waals surface area (Å²) in [7, 11) is 1.81. The average Bonchev–Trinajstić information content (AvgIpc) is 2.22. The van der Waals surface area contributed by atoms with Gasteiger partial charge in [0.25, 0.3) is 0 Å². The van der Waals surface area contributed by atoms with Crippen LogP contribution in [0.5, 0.6) is 0 Å². The van der Waals surface area contributed by atoms with Crippen LogP contribution < -0.4 is 5.32 Å². The van der Waals surface area contributed by atoms with Crippen LogP contribution in [0.4, 0.5) is 8.78 Å². The maximum Gasteiger partial charge on any atom is 0.130 e. The average molecular weight is 227 g/mol. The Kier molecular flexibility index (Phi) is 4.87. The molecule has 0 heterocycles. The van der Waals surface area contributed by atoms with Gasteiger partial charge in [0.15, 0.2) is 0 Å². The highest BCUT2D eigenvalue weighted by molar-refractivity contribution is 5.22. The summed E-state index contributed by atoms with van der Waals surface area (Å²) in [6.45, 7) is 4.18. The number of benzene rings is 1. The lowest BCUT2D eigenvalue weighted by molar-refractivity contribution is 0.371. The van der Waals surface area contributed by atoms with Crippen LogP contribution in [0.15, 0.2) is 18.2 Å². The topological polar surface area (TPSA) is 12.0 Å². The summed E-state index contributed by atoms with van der Waals surface area (Å²) < 4.78 is 26.4. The maximum absolute atomic E-state index is 13.6. The van der Waals surface area contributed by atoms with Gasteiger partial charge >= 0.3 is 0 Å². The Labute approximate surface area is 95.9 Å². The van der Waals surface area contributed by atoms with Crippen LogP contribution in [-0.4, -0.2) is 7.05 Å². The van der Waals surface area contributed by atoms with Crippen LogP contribution in [0.25, 0.3) is 0 Å². The van der Waals surface area contributed by atoms with Crippen LogP contribution in [0.3, 0.4) is 0 Å². The molecule has 1 aromatic carbocycles. The second-order valence-electron chi connectivity index (χ2n) is 4.20. The van der Waals surface area contributed by atoms with Gasteiger partial charge in [-0.15, -0.1) is 0 Å². The smallest absolute Gasteiger partial charge is 0.130 e. The van der Waals surface area contributed by atoms with Gasteiger partial charge in [-0.2, -0.15) is 0 Å². The highest BCUT2D eigenvalue weighted by Crippen LogP contribution is 2.27. The first-order valence-corrected chi connectivity index (χ1v) is 5.72. The maximum atomic E-state index is 13.6. The molecule has 1 aromatic rings. The van der Waals surface area contributed by atoms with Crippen molar-refractivity contribution in [3.63, 3.8) is 0 Å². The first kappa shape index (κ1) is 13.1. The van der Waals surface area contributed by atoms with Crippen LogP contribution in [0.2, 0.25) is 0 Å². The lowest BCUT2D eigenvalue weighted by atomic mass is 9.91. The predicted octanol–water partition coefficient (Wildman–Crippen LogP) is 3.66. The Bertz CT molecular complexity index is 339. The fourth-order valence-electron chi connectivity index (χ4n) is 2.12. The molecule has 2 unspecified atom stereocenters. The minimum absolute atomic E-state index is 0.0550. The Morgan fingerprint density at radius 1 is 1.31 bits per heavy atom. The molecule has 0 fully saturated rings. The van der Waals surface area contributed by atoms with E-state index in [0.717, 1.165) is 18.9 Å². The normalized spacial score (nSPS) is 14.8. The SMILES string of the molecule is CCCC(C)C(NC)c1ccc(F)cc1F. The molecule has 3 heteroatoms. The molecule has 0 aromatic heterocycles. The minimum Gasteiger partial charge on any atom is -0.313 e. The molecule has 1 N–H and O–H groups in total. The summed E-state index contributed by atoms with van der Waals surface area (Å²) in [5.74, 6) is -0.670. The number of hydrogen-bond donors (Lipinski definition) is 1. The molecule has 0 saturated carbocycles. The largest absolute Gasteiger partial charge is 0.313 e. The van der Waals surface area contributed by atoms with Gasteiger partial charge in [0.05, 0.1) is 0 Å². The van der Waals surface area contributed by atoms with Crippen molar-refractivity contribution in [2.24, 2.45) is 5.92 Å². The highest BCUT2D eigenvalue weighted by atomic mass is 19.1. The third-order valence-electron chi connectivity index (χ3n) is 2.92. The Morgan fingerprint density at radius 2 is 2.00 bits per heavy atom. The summed E-state index contributed by atoms with van der Waals surface area (Å²) in [6.07, 6.45) is 2.07. The highest BCUT2D eigenvalue weighted by Gasteiger charge is 2.20. The van der Waals surface area contributed by atoms with Crippen LogP contribution >= 0.6 is 0 Å². The third-order valence-corrected chi connectivity index (χ3v) is 2.92. The van der Waals surface area contributed by atoms with Crippen LogP contribution in [-0.2, 0) is 0 Å².